The van der Waals surface area contributed by atoms with Crippen molar-refractivity contribution in [3.63, 3.8) is 0 Å². The van der Waals surface area contributed by atoms with E-state index in [1.54, 1.807) is 6.07 Å². The second kappa shape index (κ2) is 7.00. The molecule has 0 fully saturated rings. The van der Waals surface area contributed by atoms with Gasteiger partial charge in [0.1, 0.15) is 6.04 Å². The molecule has 1 aliphatic rings. The Labute approximate surface area is 129 Å². The normalized spacial score (nSPS) is 15.6. The number of fused-ring (bicyclic) bond motifs is 1. The molecule has 6 heteroatoms. The third-order valence-electron chi connectivity index (χ3n) is 3.32. The van der Waals surface area contributed by atoms with E-state index < -0.39 is 12.0 Å². The Morgan fingerprint density at radius 3 is 2.76 bits per heavy atom. The van der Waals surface area contributed by atoms with Crippen LogP contribution in [-0.4, -0.2) is 30.3 Å². The minimum Gasteiger partial charge on any atom is -0.489 e. The van der Waals surface area contributed by atoms with Crippen molar-refractivity contribution in [2.45, 2.75) is 32.9 Å². The third-order valence-corrected chi connectivity index (χ3v) is 3.60. The van der Waals surface area contributed by atoms with Gasteiger partial charge in [0.15, 0.2) is 11.5 Å². The van der Waals surface area contributed by atoms with Gasteiger partial charge >= 0.3 is 5.97 Å². The molecule has 0 radical (unpaired) electrons. The summed E-state index contributed by atoms with van der Waals surface area (Å²) in [5.41, 5.74) is 0.871. The summed E-state index contributed by atoms with van der Waals surface area (Å²) < 4.78 is 11.2. The largest absolute Gasteiger partial charge is 0.489 e. The molecule has 0 saturated heterocycles. The van der Waals surface area contributed by atoms with Gasteiger partial charge in [-0.2, -0.15) is 0 Å². The number of carbonyl (C=O) groups is 1. The highest BCUT2D eigenvalue weighted by atomic mass is 35.5. The maximum absolute atomic E-state index is 11.2. The molecular formula is C15H20ClNO4. The van der Waals surface area contributed by atoms with E-state index in [4.69, 9.17) is 21.1 Å². The van der Waals surface area contributed by atoms with E-state index in [1.807, 2.05) is 19.9 Å². The fourth-order valence-corrected chi connectivity index (χ4v) is 2.51. The Kier molecular flexibility index (Phi) is 5.31. The summed E-state index contributed by atoms with van der Waals surface area (Å²) in [4.78, 5) is 11.2. The van der Waals surface area contributed by atoms with Gasteiger partial charge in [-0.1, -0.05) is 25.4 Å². The second-order valence-corrected chi connectivity index (χ2v) is 5.80. The van der Waals surface area contributed by atoms with E-state index in [0.29, 0.717) is 36.3 Å². The van der Waals surface area contributed by atoms with Gasteiger partial charge < -0.3 is 19.9 Å². The summed E-state index contributed by atoms with van der Waals surface area (Å²) >= 11 is 6.21. The lowest BCUT2D eigenvalue weighted by Crippen LogP contribution is -2.40. The smallest absolute Gasteiger partial charge is 0.320 e. The number of hydrogen-bond acceptors (Lipinski definition) is 4. The summed E-state index contributed by atoms with van der Waals surface area (Å²) in [6.07, 6.45) is 0.813. The van der Waals surface area contributed by atoms with Gasteiger partial charge in [0, 0.05) is 13.0 Å². The van der Waals surface area contributed by atoms with Gasteiger partial charge in [0.2, 0.25) is 0 Å². The Bertz CT molecular complexity index is 519. The summed E-state index contributed by atoms with van der Waals surface area (Å²) in [6.45, 7) is 5.31. The Morgan fingerprint density at radius 1 is 1.38 bits per heavy atom. The maximum atomic E-state index is 11.2. The van der Waals surface area contributed by atoms with Crippen molar-refractivity contribution in [3.05, 3.63) is 22.7 Å². The number of carboxylic acid groups (broad SMARTS) is 1. The van der Waals surface area contributed by atoms with Crippen LogP contribution in [0.3, 0.4) is 0 Å². The Balaban J connectivity index is 2.12. The van der Waals surface area contributed by atoms with E-state index >= 15 is 0 Å². The molecule has 2 rings (SSSR count). The predicted octanol–water partition coefficient (Wildman–Crippen LogP) is 2.70. The van der Waals surface area contributed by atoms with Crippen LogP contribution in [0, 0.1) is 5.92 Å². The number of aliphatic carboxylic acids is 1. The molecule has 0 aliphatic carbocycles. The number of halogens is 1. The van der Waals surface area contributed by atoms with Gasteiger partial charge in [-0.05, 0) is 23.6 Å². The van der Waals surface area contributed by atoms with Crippen LogP contribution in [0.1, 0.15) is 25.8 Å². The summed E-state index contributed by atoms with van der Waals surface area (Å²) in [5.74, 6) is 0.327. The molecule has 1 aromatic carbocycles. The van der Waals surface area contributed by atoms with Crippen LogP contribution in [0.4, 0.5) is 0 Å². The van der Waals surface area contributed by atoms with Gasteiger partial charge in [-0.15, -0.1) is 0 Å². The van der Waals surface area contributed by atoms with E-state index in [-0.39, 0.29) is 5.92 Å². The van der Waals surface area contributed by atoms with E-state index in [1.165, 1.54) is 0 Å². The topological polar surface area (TPSA) is 67.8 Å². The molecule has 1 aromatic rings. The van der Waals surface area contributed by atoms with Crippen molar-refractivity contribution < 1.29 is 19.4 Å². The van der Waals surface area contributed by atoms with Gasteiger partial charge in [-0.3, -0.25) is 4.79 Å². The summed E-state index contributed by atoms with van der Waals surface area (Å²) in [6, 6.07) is 3.03. The lowest BCUT2D eigenvalue weighted by Gasteiger charge is -2.18. The number of nitrogens with one attached hydrogen (secondary N) is 1. The number of benzene rings is 1. The molecule has 0 saturated carbocycles. The first kappa shape index (κ1) is 15.9. The number of hydrogen-bond donors (Lipinski definition) is 2. The summed E-state index contributed by atoms with van der Waals surface area (Å²) in [7, 11) is 0. The van der Waals surface area contributed by atoms with E-state index in [2.05, 4.69) is 5.32 Å². The van der Waals surface area contributed by atoms with Crippen molar-refractivity contribution in [1.29, 1.82) is 0 Å². The average molecular weight is 314 g/mol. The van der Waals surface area contributed by atoms with Crippen LogP contribution in [0.5, 0.6) is 11.5 Å². The first-order valence-electron chi connectivity index (χ1n) is 7.03. The van der Waals surface area contributed by atoms with Crippen LogP contribution >= 0.6 is 11.6 Å². The molecule has 0 aromatic heterocycles. The van der Waals surface area contributed by atoms with Crippen LogP contribution in [0.2, 0.25) is 5.02 Å². The van der Waals surface area contributed by atoms with Gasteiger partial charge in [0.25, 0.3) is 0 Å². The molecule has 0 spiro atoms. The fraction of sp³-hybridized carbons (Fsp3) is 0.533. The van der Waals surface area contributed by atoms with Gasteiger partial charge in [-0.25, -0.2) is 0 Å². The van der Waals surface area contributed by atoms with Crippen LogP contribution in [0.25, 0.3) is 0 Å². The van der Waals surface area contributed by atoms with Crippen molar-refractivity contribution in [2.75, 3.05) is 13.2 Å². The number of rotatable bonds is 5. The fourth-order valence-electron chi connectivity index (χ4n) is 2.22. The first-order chi connectivity index (χ1) is 9.99. The monoisotopic (exact) mass is 313 g/mol. The SMILES string of the molecule is CC(C)[C@H](NCc1cc(Cl)c2c(c1)OCCCO2)C(=O)O. The zero-order valence-corrected chi connectivity index (χ0v) is 12.9. The van der Waals surface area contributed by atoms with E-state index in [9.17, 15) is 9.90 Å². The average Bonchev–Trinajstić information content (AvgIpc) is 2.63. The highest BCUT2D eigenvalue weighted by Gasteiger charge is 2.21. The molecule has 2 N–H and O–H groups in total. The molecule has 21 heavy (non-hydrogen) atoms. The molecule has 0 amide bonds. The zero-order valence-electron chi connectivity index (χ0n) is 12.2. The van der Waals surface area contributed by atoms with Crippen molar-refractivity contribution in [1.82, 2.24) is 5.32 Å². The minimum atomic E-state index is -0.856. The lowest BCUT2D eigenvalue weighted by atomic mass is 10.0. The number of ether oxygens (including phenoxy) is 2. The highest BCUT2D eigenvalue weighted by molar-refractivity contribution is 6.32. The number of carboxylic acids is 1. The highest BCUT2D eigenvalue weighted by Crippen LogP contribution is 2.37. The van der Waals surface area contributed by atoms with Gasteiger partial charge in [0.05, 0.1) is 18.2 Å². The molecule has 5 nitrogen and oxygen atoms in total. The van der Waals surface area contributed by atoms with E-state index in [0.717, 1.165) is 12.0 Å². The Hall–Kier alpha value is -1.46. The molecule has 0 bridgehead atoms. The van der Waals surface area contributed by atoms with Crippen LogP contribution < -0.4 is 14.8 Å². The van der Waals surface area contributed by atoms with Crippen molar-refractivity contribution >= 4 is 17.6 Å². The zero-order chi connectivity index (χ0) is 15.4. The first-order valence-corrected chi connectivity index (χ1v) is 7.41. The Morgan fingerprint density at radius 2 is 2.10 bits per heavy atom. The predicted molar refractivity (Wildman–Crippen MR) is 80.2 cm³/mol. The quantitative estimate of drug-likeness (QED) is 0.875. The van der Waals surface area contributed by atoms with Crippen LogP contribution in [-0.2, 0) is 11.3 Å². The maximum Gasteiger partial charge on any atom is 0.320 e. The third kappa shape index (κ3) is 4.02. The second-order valence-electron chi connectivity index (χ2n) is 5.40. The molecule has 1 aliphatic heterocycles. The molecular weight excluding hydrogens is 294 g/mol. The molecule has 1 heterocycles. The summed E-state index contributed by atoms with van der Waals surface area (Å²) in [5, 5.41) is 12.7. The lowest BCUT2D eigenvalue weighted by molar-refractivity contribution is -0.140. The molecule has 116 valence electrons. The molecule has 1 atom stereocenters. The van der Waals surface area contributed by atoms with Crippen LogP contribution in [0.15, 0.2) is 12.1 Å². The van der Waals surface area contributed by atoms with Crippen molar-refractivity contribution in [3.8, 4) is 11.5 Å². The standard InChI is InChI=1S/C15H20ClNO4/c1-9(2)13(15(18)19)17-8-10-6-11(16)14-12(7-10)20-4-3-5-21-14/h6-7,9,13,17H,3-5,8H2,1-2H3,(H,18,19)/t13-/m0/s1. The van der Waals surface area contributed by atoms with Crippen molar-refractivity contribution in [2.24, 2.45) is 5.92 Å². The molecule has 0 unspecified atom stereocenters. The minimum absolute atomic E-state index is 0.00150.